The van der Waals surface area contributed by atoms with Crippen molar-refractivity contribution in [2.75, 3.05) is 6.54 Å². The van der Waals surface area contributed by atoms with Crippen molar-refractivity contribution in [2.45, 2.75) is 6.37 Å². The van der Waals surface area contributed by atoms with Crippen LogP contribution in [0.5, 0.6) is 0 Å². The van der Waals surface area contributed by atoms with E-state index in [4.69, 9.17) is 2.74 Å². The summed E-state index contributed by atoms with van der Waals surface area (Å²) in [6, 6.07) is 0. The zero-order valence-corrected chi connectivity index (χ0v) is 3.77. The zero-order valence-electron chi connectivity index (χ0n) is 5.77. The summed E-state index contributed by atoms with van der Waals surface area (Å²) in [5.74, 6) is -0.412. The van der Waals surface area contributed by atoms with Crippen LogP contribution < -0.4 is 5.32 Å². The maximum Gasteiger partial charge on any atom is 0.155 e. The third-order valence-electron chi connectivity index (χ3n) is 0.708. The van der Waals surface area contributed by atoms with Crippen molar-refractivity contribution in [3.05, 3.63) is 12.3 Å². The molecule has 1 rings (SSSR count). The normalized spacial score (nSPS) is 30.6. The van der Waals surface area contributed by atoms with E-state index in [9.17, 15) is 4.79 Å². The van der Waals surface area contributed by atoms with E-state index in [-0.39, 0.29) is 6.54 Å². The van der Waals surface area contributed by atoms with E-state index in [0.717, 1.165) is 0 Å². The molecule has 0 aliphatic carbocycles. The zero-order chi connectivity index (χ0) is 6.91. The van der Waals surface area contributed by atoms with Crippen molar-refractivity contribution in [3.63, 3.8) is 0 Å². The number of carbonyl (C=O) groups excluding carboxylic acids is 1. The Balaban J connectivity index is 2.81. The Hall–Kier alpha value is -0.790. The van der Waals surface area contributed by atoms with E-state index in [1.54, 1.807) is 0 Å². The predicted octanol–water partition coefficient (Wildman–Crippen LogP) is 0.0625. The predicted molar refractivity (Wildman–Crippen MR) is 26.8 cm³/mol. The number of nitrogens with one attached hydrogen (secondary N) is 1. The van der Waals surface area contributed by atoms with Gasteiger partial charge in [-0.05, 0) is 6.20 Å². The van der Waals surface area contributed by atoms with Gasteiger partial charge in [-0.25, -0.2) is 0 Å². The number of hydrogen-bond donors (Lipinski definition) is 1. The van der Waals surface area contributed by atoms with Crippen LogP contribution in [0.4, 0.5) is 0 Å². The standard InChI is InChI=1S/C5H7NO/c7-5-2-1-3-6-4-5/h1,3,6H,2,4H2/i2D2. The molecule has 0 radical (unpaired) electrons. The van der Waals surface area contributed by atoms with Gasteiger partial charge in [0.1, 0.15) is 0 Å². The molecule has 0 spiro atoms. The summed E-state index contributed by atoms with van der Waals surface area (Å²) in [6.45, 7) is 0.101. The van der Waals surface area contributed by atoms with Crippen LogP contribution >= 0.6 is 0 Å². The molecule has 2 nitrogen and oxygen atoms in total. The van der Waals surface area contributed by atoms with Gasteiger partial charge in [-0.15, -0.1) is 0 Å². The topological polar surface area (TPSA) is 29.1 Å². The largest absolute Gasteiger partial charge is 0.384 e. The van der Waals surface area contributed by atoms with Gasteiger partial charge in [0, 0.05) is 9.11 Å². The average Bonchev–Trinajstić information content (AvgIpc) is 1.77. The maximum atomic E-state index is 10.6. The van der Waals surface area contributed by atoms with Crippen molar-refractivity contribution in [1.82, 2.24) is 5.32 Å². The van der Waals surface area contributed by atoms with Crippen molar-refractivity contribution in [1.29, 1.82) is 0 Å². The minimum absolute atomic E-state index is 0.101. The quantitative estimate of drug-likeness (QED) is 0.465. The van der Waals surface area contributed by atoms with Crippen LogP contribution in [0.1, 0.15) is 9.11 Å². The summed E-state index contributed by atoms with van der Waals surface area (Å²) in [5, 5.41) is 2.62. The Morgan fingerprint density at radius 1 is 2.00 bits per heavy atom. The molecule has 0 fully saturated rings. The smallest absolute Gasteiger partial charge is 0.155 e. The highest BCUT2D eigenvalue weighted by Crippen LogP contribution is 1.87. The molecule has 1 aliphatic rings. The molecule has 7 heavy (non-hydrogen) atoms. The first-order valence-corrected chi connectivity index (χ1v) is 2.07. The number of allylic oxidation sites excluding steroid dienone is 1. The number of rotatable bonds is 0. The fraction of sp³-hybridized carbons (Fsp3) is 0.400. The van der Waals surface area contributed by atoms with E-state index in [1.807, 2.05) is 0 Å². The highest BCUT2D eigenvalue weighted by atomic mass is 16.1. The van der Waals surface area contributed by atoms with E-state index in [2.05, 4.69) is 5.32 Å². The molecular weight excluding hydrogens is 90.1 g/mol. The lowest BCUT2D eigenvalue weighted by Gasteiger charge is -2.01. The number of ketones is 1. The fourth-order valence-electron chi connectivity index (χ4n) is 0.396. The Labute approximate surface area is 45.0 Å². The maximum absolute atomic E-state index is 10.6. The van der Waals surface area contributed by atoms with Gasteiger partial charge in [-0.3, -0.25) is 4.79 Å². The fourth-order valence-corrected chi connectivity index (χ4v) is 0.396. The van der Waals surface area contributed by atoms with E-state index in [1.165, 1.54) is 12.3 Å². The summed E-state index contributed by atoms with van der Waals surface area (Å²) < 4.78 is 14.0. The van der Waals surface area contributed by atoms with Gasteiger partial charge < -0.3 is 5.32 Å². The molecule has 2 heteroatoms. The Morgan fingerprint density at radius 3 is 3.29 bits per heavy atom. The highest BCUT2D eigenvalue weighted by molar-refractivity contribution is 5.82. The van der Waals surface area contributed by atoms with Crippen LogP contribution in [0.15, 0.2) is 12.3 Å². The van der Waals surface area contributed by atoms with Crippen molar-refractivity contribution >= 4 is 5.78 Å². The third-order valence-corrected chi connectivity index (χ3v) is 0.708. The molecule has 0 saturated carbocycles. The van der Waals surface area contributed by atoms with E-state index in [0.29, 0.717) is 0 Å². The van der Waals surface area contributed by atoms with Crippen LogP contribution in [-0.4, -0.2) is 12.3 Å². The minimum atomic E-state index is -1.74. The van der Waals surface area contributed by atoms with Gasteiger partial charge in [0.05, 0.1) is 6.54 Å². The summed E-state index contributed by atoms with van der Waals surface area (Å²) >= 11 is 0. The molecule has 1 N–H and O–H groups in total. The van der Waals surface area contributed by atoms with E-state index < -0.39 is 12.2 Å². The summed E-state index contributed by atoms with van der Waals surface area (Å²) in [4.78, 5) is 10.6. The molecule has 1 heterocycles. The number of carbonyl (C=O) groups is 1. The van der Waals surface area contributed by atoms with Gasteiger partial charge in [0.25, 0.3) is 0 Å². The molecule has 0 amide bonds. The van der Waals surface area contributed by atoms with Gasteiger partial charge in [-0.1, -0.05) is 6.08 Å². The first kappa shape index (κ1) is 2.50. The van der Waals surface area contributed by atoms with Gasteiger partial charge in [0.2, 0.25) is 0 Å². The SMILES string of the molecule is [2H]C1([2H])C=CNCC1=O. The van der Waals surface area contributed by atoms with E-state index >= 15 is 0 Å². The highest BCUT2D eigenvalue weighted by Gasteiger charge is 1.98. The Kier molecular flexibility index (Phi) is 0.635. The lowest BCUT2D eigenvalue weighted by atomic mass is 10.2. The van der Waals surface area contributed by atoms with Crippen LogP contribution in [-0.2, 0) is 4.79 Å². The van der Waals surface area contributed by atoms with Crippen LogP contribution in [0.3, 0.4) is 0 Å². The second-order valence-electron chi connectivity index (χ2n) is 1.28. The summed E-state index contributed by atoms with van der Waals surface area (Å²) in [7, 11) is 0. The molecule has 0 aromatic carbocycles. The molecule has 0 aromatic heterocycles. The average molecular weight is 99.1 g/mol. The molecule has 0 bridgehead atoms. The van der Waals surface area contributed by atoms with Gasteiger partial charge in [-0.2, -0.15) is 0 Å². The molecule has 0 unspecified atom stereocenters. The lowest BCUT2D eigenvalue weighted by molar-refractivity contribution is -0.117. The second kappa shape index (κ2) is 1.78. The Bertz CT molecular complexity index is 164. The first-order chi connectivity index (χ1) is 4.13. The Morgan fingerprint density at radius 2 is 2.86 bits per heavy atom. The molecular formula is C5H7NO. The first-order valence-electron chi connectivity index (χ1n) is 3.07. The minimum Gasteiger partial charge on any atom is -0.384 e. The third kappa shape index (κ3) is 1.03. The van der Waals surface area contributed by atoms with Crippen molar-refractivity contribution in [3.8, 4) is 0 Å². The molecule has 0 atom stereocenters. The van der Waals surface area contributed by atoms with Crippen LogP contribution in [0.25, 0.3) is 0 Å². The number of hydrogen-bond acceptors (Lipinski definition) is 2. The molecule has 0 saturated heterocycles. The monoisotopic (exact) mass is 99.1 g/mol. The molecule has 1 aliphatic heterocycles. The summed E-state index contributed by atoms with van der Waals surface area (Å²) in [5.41, 5.74) is 0. The van der Waals surface area contributed by atoms with Crippen molar-refractivity contribution < 1.29 is 7.54 Å². The lowest BCUT2D eigenvalue weighted by Crippen LogP contribution is -2.20. The molecule has 0 aromatic rings. The summed E-state index contributed by atoms with van der Waals surface area (Å²) in [6.07, 6.45) is 0.936. The van der Waals surface area contributed by atoms with Crippen molar-refractivity contribution in [2.24, 2.45) is 0 Å². The van der Waals surface area contributed by atoms with Crippen LogP contribution in [0, 0.1) is 0 Å². The van der Waals surface area contributed by atoms with Crippen LogP contribution in [0.2, 0.25) is 0 Å². The number of Topliss-reactive ketones (excluding diaryl/α,β-unsaturated/α-hetero) is 1. The van der Waals surface area contributed by atoms with Gasteiger partial charge >= 0.3 is 0 Å². The van der Waals surface area contributed by atoms with Gasteiger partial charge in [0.15, 0.2) is 5.78 Å². The second-order valence-corrected chi connectivity index (χ2v) is 1.28. The molecule has 38 valence electrons.